The van der Waals surface area contributed by atoms with Crippen LogP contribution in [-0.4, -0.2) is 70.0 Å². The van der Waals surface area contributed by atoms with Gasteiger partial charge in [0.2, 0.25) is 11.8 Å². The molecule has 1 fully saturated rings. The molecule has 8 heteroatoms. The minimum Gasteiger partial charge on any atom is -0.481 e. The smallest absolute Gasteiger partial charge is 0.226 e. The van der Waals surface area contributed by atoms with Gasteiger partial charge in [-0.1, -0.05) is 0 Å². The molecule has 1 aliphatic rings. The zero-order valence-electron chi connectivity index (χ0n) is 11.4. The zero-order chi connectivity index (χ0) is 14.7. The summed E-state index contributed by atoms with van der Waals surface area (Å²) in [5, 5.41) is 31.7. The molecule has 0 bridgehead atoms. The van der Waals surface area contributed by atoms with Crippen LogP contribution >= 0.6 is 0 Å². The van der Waals surface area contributed by atoms with Gasteiger partial charge < -0.3 is 30.1 Å². The Morgan fingerprint density at radius 2 is 2.15 bits per heavy atom. The molecule has 0 amide bonds. The number of ether oxygens (including phenoxy) is 2. The summed E-state index contributed by atoms with van der Waals surface area (Å²) < 4.78 is 10.3. The monoisotopic (exact) mass is 285 g/mol. The average Bonchev–Trinajstić information content (AvgIpc) is 2.43. The molecule has 0 aliphatic carbocycles. The van der Waals surface area contributed by atoms with Crippen LogP contribution in [-0.2, 0) is 4.74 Å². The van der Waals surface area contributed by atoms with E-state index in [-0.39, 0.29) is 19.2 Å². The molecule has 2 rings (SSSR count). The number of nitrogens with zero attached hydrogens (tertiary/aromatic N) is 2. The predicted octanol–water partition coefficient (Wildman–Crippen LogP) is -1.31. The molecule has 0 aromatic carbocycles. The average molecular weight is 285 g/mol. The van der Waals surface area contributed by atoms with Gasteiger partial charge in [0.15, 0.2) is 0 Å². The van der Waals surface area contributed by atoms with Crippen molar-refractivity contribution in [2.45, 2.75) is 31.3 Å². The molecule has 1 aromatic rings. The normalized spacial score (nSPS) is 30.1. The van der Waals surface area contributed by atoms with Crippen molar-refractivity contribution >= 4 is 5.95 Å². The minimum absolute atomic E-state index is 0.128. The van der Waals surface area contributed by atoms with Crippen LogP contribution in [0.1, 0.15) is 5.69 Å². The van der Waals surface area contributed by atoms with Gasteiger partial charge in [0.05, 0.1) is 26.4 Å². The molecule has 1 saturated heterocycles. The number of aryl methyl sites for hydroxylation is 1. The summed E-state index contributed by atoms with van der Waals surface area (Å²) in [4.78, 5) is 8.28. The van der Waals surface area contributed by atoms with E-state index in [4.69, 9.17) is 14.6 Å². The molecule has 1 aliphatic heterocycles. The Morgan fingerprint density at radius 1 is 1.40 bits per heavy atom. The van der Waals surface area contributed by atoms with Crippen molar-refractivity contribution in [3.8, 4) is 5.88 Å². The molecule has 4 atom stereocenters. The number of rotatable bonds is 4. The van der Waals surface area contributed by atoms with Gasteiger partial charge in [-0.05, 0) is 6.92 Å². The second-order valence-corrected chi connectivity index (χ2v) is 4.66. The molecular weight excluding hydrogens is 266 g/mol. The van der Waals surface area contributed by atoms with Crippen molar-refractivity contribution in [3.63, 3.8) is 0 Å². The fourth-order valence-electron chi connectivity index (χ4n) is 2.04. The third kappa shape index (κ3) is 3.15. The standard InChI is InChI=1S/C12H19N3O5/c1-6-3-9(19-2)15-12(13-6)14-7-5-20-8(4-16)11(18)10(7)17/h3,7-8,10-11,16-18H,4-5H2,1-2H3,(H,13,14,15)/t7-,8+,10+,11-/m0/s1. The first-order valence-corrected chi connectivity index (χ1v) is 6.30. The fourth-order valence-corrected chi connectivity index (χ4v) is 2.04. The molecule has 0 saturated carbocycles. The highest BCUT2D eigenvalue weighted by atomic mass is 16.5. The van der Waals surface area contributed by atoms with Gasteiger partial charge in [-0.2, -0.15) is 4.98 Å². The lowest BCUT2D eigenvalue weighted by molar-refractivity contribution is -0.152. The number of nitrogens with one attached hydrogen (secondary N) is 1. The fraction of sp³-hybridized carbons (Fsp3) is 0.667. The van der Waals surface area contributed by atoms with E-state index in [2.05, 4.69) is 15.3 Å². The van der Waals surface area contributed by atoms with Crippen LogP contribution in [0.4, 0.5) is 5.95 Å². The number of aromatic nitrogens is 2. The van der Waals surface area contributed by atoms with E-state index in [1.54, 1.807) is 13.0 Å². The van der Waals surface area contributed by atoms with Gasteiger partial charge in [0.1, 0.15) is 18.3 Å². The van der Waals surface area contributed by atoms with Crippen LogP contribution in [0.5, 0.6) is 5.88 Å². The zero-order valence-corrected chi connectivity index (χ0v) is 11.4. The Morgan fingerprint density at radius 3 is 2.80 bits per heavy atom. The highest BCUT2D eigenvalue weighted by Gasteiger charge is 2.38. The van der Waals surface area contributed by atoms with E-state index < -0.39 is 24.4 Å². The Kier molecular flexibility index (Phi) is 4.71. The van der Waals surface area contributed by atoms with Crippen LogP contribution < -0.4 is 10.1 Å². The first kappa shape index (κ1) is 14.9. The molecule has 0 unspecified atom stereocenters. The highest BCUT2D eigenvalue weighted by molar-refractivity contribution is 5.32. The summed E-state index contributed by atoms with van der Waals surface area (Å²) >= 11 is 0. The summed E-state index contributed by atoms with van der Waals surface area (Å²) in [6.45, 7) is 1.57. The number of aliphatic hydroxyl groups is 3. The van der Waals surface area contributed by atoms with Crippen LogP contribution in [0.3, 0.4) is 0 Å². The first-order chi connectivity index (χ1) is 9.55. The van der Waals surface area contributed by atoms with E-state index in [1.165, 1.54) is 7.11 Å². The third-order valence-corrected chi connectivity index (χ3v) is 3.17. The molecule has 112 valence electrons. The Labute approximate surface area is 116 Å². The number of hydrogen-bond donors (Lipinski definition) is 4. The second-order valence-electron chi connectivity index (χ2n) is 4.66. The van der Waals surface area contributed by atoms with Crippen LogP contribution in [0.2, 0.25) is 0 Å². The van der Waals surface area contributed by atoms with Gasteiger partial charge in [-0.15, -0.1) is 0 Å². The van der Waals surface area contributed by atoms with E-state index >= 15 is 0 Å². The summed E-state index contributed by atoms with van der Waals surface area (Å²) in [6, 6.07) is 1.11. The summed E-state index contributed by atoms with van der Waals surface area (Å²) in [5.41, 5.74) is 0.708. The van der Waals surface area contributed by atoms with Crippen molar-refractivity contribution in [2.24, 2.45) is 0 Å². The maximum atomic E-state index is 10.0. The Bertz CT molecular complexity index is 459. The first-order valence-electron chi connectivity index (χ1n) is 6.30. The molecule has 0 spiro atoms. The number of aliphatic hydroxyl groups excluding tert-OH is 3. The summed E-state index contributed by atoms with van der Waals surface area (Å²) in [5.74, 6) is 0.684. The Balaban J connectivity index is 2.08. The molecule has 0 radical (unpaired) electrons. The molecule has 8 nitrogen and oxygen atoms in total. The summed E-state index contributed by atoms with van der Waals surface area (Å²) in [6.07, 6.45) is -3.04. The predicted molar refractivity (Wildman–Crippen MR) is 69.6 cm³/mol. The number of hydrogen-bond acceptors (Lipinski definition) is 8. The van der Waals surface area contributed by atoms with E-state index in [0.29, 0.717) is 11.6 Å². The quantitative estimate of drug-likeness (QED) is 0.538. The van der Waals surface area contributed by atoms with E-state index in [0.717, 1.165) is 0 Å². The van der Waals surface area contributed by atoms with Gasteiger partial charge in [0, 0.05) is 11.8 Å². The third-order valence-electron chi connectivity index (χ3n) is 3.17. The van der Waals surface area contributed by atoms with Crippen molar-refractivity contribution in [1.82, 2.24) is 9.97 Å². The lowest BCUT2D eigenvalue weighted by Crippen LogP contribution is -2.56. The van der Waals surface area contributed by atoms with Crippen molar-refractivity contribution in [3.05, 3.63) is 11.8 Å². The van der Waals surface area contributed by atoms with E-state index in [9.17, 15) is 10.2 Å². The second kappa shape index (κ2) is 6.31. The number of anilines is 1. The maximum Gasteiger partial charge on any atom is 0.226 e. The van der Waals surface area contributed by atoms with Gasteiger partial charge in [-0.25, -0.2) is 4.98 Å². The molecule has 4 N–H and O–H groups in total. The van der Waals surface area contributed by atoms with Gasteiger partial charge in [0.25, 0.3) is 0 Å². The van der Waals surface area contributed by atoms with Gasteiger partial charge in [-0.3, -0.25) is 0 Å². The lowest BCUT2D eigenvalue weighted by Gasteiger charge is -2.37. The van der Waals surface area contributed by atoms with Crippen LogP contribution in [0.15, 0.2) is 6.07 Å². The minimum atomic E-state index is -1.17. The lowest BCUT2D eigenvalue weighted by atomic mass is 9.98. The molecule has 20 heavy (non-hydrogen) atoms. The molecular formula is C12H19N3O5. The van der Waals surface area contributed by atoms with Crippen molar-refractivity contribution < 1.29 is 24.8 Å². The van der Waals surface area contributed by atoms with Gasteiger partial charge >= 0.3 is 0 Å². The van der Waals surface area contributed by atoms with Crippen molar-refractivity contribution in [1.29, 1.82) is 0 Å². The van der Waals surface area contributed by atoms with E-state index in [1.807, 2.05) is 0 Å². The topological polar surface area (TPSA) is 117 Å². The highest BCUT2D eigenvalue weighted by Crippen LogP contribution is 2.19. The SMILES string of the molecule is COc1cc(C)nc(N[C@H]2CO[C@H](CO)[C@H](O)[C@@H]2O)n1. The van der Waals surface area contributed by atoms with Crippen LogP contribution in [0, 0.1) is 6.92 Å². The molecule has 1 aromatic heterocycles. The van der Waals surface area contributed by atoms with Crippen molar-refractivity contribution in [2.75, 3.05) is 25.6 Å². The number of methoxy groups -OCH3 is 1. The Hall–Kier alpha value is -1.48. The maximum absolute atomic E-state index is 10.0. The van der Waals surface area contributed by atoms with Crippen LogP contribution in [0.25, 0.3) is 0 Å². The molecule has 2 heterocycles. The largest absolute Gasteiger partial charge is 0.481 e. The summed E-state index contributed by atoms with van der Waals surface area (Å²) in [7, 11) is 1.50.